The minimum atomic E-state index is -1.23. The van der Waals surface area contributed by atoms with Crippen molar-refractivity contribution in [3.63, 3.8) is 0 Å². The summed E-state index contributed by atoms with van der Waals surface area (Å²) in [7, 11) is 0. The number of likely N-dealkylation sites (tertiary alicyclic amines) is 1. The van der Waals surface area contributed by atoms with Gasteiger partial charge in [0, 0.05) is 56.0 Å². The number of anilines is 1. The molecule has 0 radical (unpaired) electrons. The number of amides is 1. The summed E-state index contributed by atoms with van der Waals surface area (Å²) in [5.74, 6) is -3.19. The number of pyridine rings is 1. The molecule has 1 amide bonds. The highest BCUT2D eigenvalue weighted by atomic mass is 19.2. The van der Waals surface area contributed by atoms with E-state index in [9.17, 15) is 18.0 Å². The van der Waals surface area contributed by atoms with Gasteiger partial charge in [0.25, 0.3) is 0 Å². The van der Waals surface area contributed by atoms with E-state index in [0.717, 1.165) is 17.3 Å². The Morgan fingerprint density at radius 2 is 1.70 bits per heavy atom. The molecule has 2 fully saturated rings. The number of hydrogen-bond acceptors (Lipinski definition) is 4. The van der Waals surface area contributed by atoms with Gasteiger partial charge in [-0.3, -0.25) is 14.2 Å². The number of piperidine rings is 1. The molecule has 2 aliphatic rings. The quantitative estimate of drug-likeness (QED) is 0.333. The lowest BCUT2D eigenvalue weighted by atomic mass is 9.91. The van der Waals surface area contributed by atoms with E-state index in [4.69, 9.17) is 9.72 Å². The van der Waals surface area contributed by atoms with Crippen LogP contribution in [-0.2, 0) is 11.3 Å². The second kappa shape index (κ2) is 8.92. The fourth-order valence-corrected chi connectivity index (χ4v) is 5.37. The lowest BCUT2D eigenvalue weighted by molar-refractivity contribution is -0.00117. The predicted octanol–water partition coefficient (Wildman–Crippen LogP) is 5.72. The zero-order valence-corrected chi connectivity index (χ0v) is 20.3. The van der Waals surface area contributed by atoms with Crippen molar-refractivity contribution in [2.45, 2.75) is 31.9 Å². The number of fused-ring (bicyclic) bond motifs is 1. The summed E-state index contributed by atoms with van der Waals surface area (Å²) in [6.07, 6.45) is 2.69. The first kappa shape index (κ1) is 23.5. The Kier molecular flexibility index (Phi) is 5.67. The Balaban J connectivity index is 1.26. The van der Waals surface area contributed by atoms with Crippen LogP contribution in [0.25, 0.3) is 16.9 Å². The van der Waals surface area contributed by atoms with E-state index >= 15 is 0 Å². The van der Waals surface area contributed by atoms with Crippen molar-refractivity contribution in [3.8, 4) is 11.3 Å². The summed E-state index contributed by atoms with van der Waals surface area (Å²) in [4.78, 5) is 21.2. The van der Waals surface area contributed by atoms with Crippen molar-refractivity contribution in [1.82, 2.24) is 14.3 Å². The van der Waals surface area contributed by atoms with Crippen molar-refractivity contribution in [2.75, 3.05) is 24.5 Å². The van der Waals surface area contributed by atoms with E-state index in [1.54, 1.807) is 15.5 Å². The van der Waals surface area contributed by atoms with Crippen LogP contribution >= 0.6 is 0 Å². The Hall–Kier alpha value is -3.85. The van der Waals surface area contributed by atoms with Crippen LogP contribution in [0.5, 0.6) is 0 Å². The average molecular weight is 507 g/mol. The standard InChI is InChI=1S/C28H25F3N4O2/c1-18-6-5-11-34-25(20-14-22(30)23(31)15-21(20)29)24(32-26(18)34)16-33-12-9-28(10-13-33)17-35(27(36)37-28)19-7-3-2-4-8-19/h2-8,11,14-15H,9-10,12-13,16-17H2,1H3. The molecular formula is C28H25F3N4O2. The van der Waals surface area contributed by atoms with Crippen LogP contribution in [-0.4, -0.2) is 45.6 Å². The topological polar surface area (TPSA) is 50.1 Å². The largest absolute Gasteiger partial charge is 0.441 e. The zero-order chi connectivity index (χ0) is 25.7. The van der Waals surface area contributed by atoms with Crippen LogP contribution in [0.3, 0.4) is 0 Å². The van der Waals surface area contributed by atoms with Crippen molar-refractivity contribution >= 4 is 17.4 Å². The zero-order valence-electron chi connectivity index (χ0n) is 20.3. The Labute approximate surface area is 211 Å². The van der Waals surface area contributed by atoms with E-state index < -0.39 is 23.1 Å². The van der Waals surface area contributed by atoms with E-state index in [1.807, 2.05) is 49.4 Å². The molecular weight excluding hydrogens is 481 g/mol. The molecule has 2 aliphatic heterocycles. The van der Waals surface area contributed by atoms with Crippen molar-refractivity contribution in [2.24, 2.45) is 0 Å². The summed E-state index contributed by atoms with van der Waals surface area (Å²) in [5, 5.41) is 0. The molecule has 2 saturated heterocycles. The number of hydrogen-bond donors (Lipinski definition) is 0. The lowest BCUT2D eigenvalue weighted by Gasteiger charge is -2.37. The SMILES string of the molecule is Cc1cccn2c(-c3cc(F)c(F)cc3F)c(CN3CCC4(CC3)CN(c3ccccc3)C(=O)O4)nc12. The minimum Gasteiger partial charge on any atom is -0.441 e. The van der Waals surface area contributed by atoms with Gasteiger partial charge in [0.05, 0.1) is 17.9 Å². The maximum Gasteiger partial charge on any atom is 0.415 e. The number of ether oxygens (including phenoxy) is 1. The molecule has 4 aromatic rings. The third kappa shape index (κ3) is 4.13. The highest BCUT2D eigenvalue weighted by Crippen LogP contribution is 2.37. The molecule has 0 N–H and O–H groups in total. The summed E-state index contributed by atoms with van der Waals surface area (Å²) < 4.78 is 50.3. The maximum atomic E-state index is 14.9. The van der Waals surface area contributed by atoms with E-state index in [0.29, 0.717) is 62.1 Å². The van der Waals surface area contributed by atoms with Crippen molar-refractivity contribution < 1.29 is 22.7 Å². The van der Waals surface area contributed by atoms with Gasteiger partial charge in [-0.2, -0.15) is 0 Å². The number of imidazole rings is 1. The normalized spacial score (nSPS) is 17.6. The average Bonchev–Trinajstić information content (AvgIpc) is 3.41. The van der Waals surface area contributed by atoms with Gasteiger partial charge < -0.3 is 4.74 Å². The number of aromatic nitrogens is 2. The van der Waals surface area contributed by atoms with E-state index in [2.05, 4.69) is 4.90 Å². The molecule has 0 aliphatic carbocycles. The number of aryl methyl sites for hydroxylation is 1. The smallest absolute Gasteiger partial charge is 0.415 e. The molecule has 190 valence electrons. The van der Waals surface area contributed by atoms with Crippen LogP contribution in [0.1, 0.15) is 24.1 Å². The van der Waals surface area contributed by atoms with E-state index in [-0.39, 0.29) is 11.7 Å². The highest BCUT2D eigenvalue weighted by Gasteiger charge is 2.47. The molecule has 2 aromatic carbocycles. The fraction of sp³-hybridized carbons (Fsp3) is 0.286. The molecule has 0 atom stereocenters. The number of para-hydroxylation sites is 1. The maximum absolute atomic E-state index is 14.9. The van der Waals surface area contributed by atoms with Crippen LogP contribution in [0, 0.1) is 24.4 Å². The third-order valence-electron chi connectivity index (χ3n) is 7.36. The molecule has 2 aromatic heterocycles. The first-order valence-electron chi connectivity index (χ1n) is 12.2. The first-order valence-corrected chi connectivity index (χ1v) is 12.2. The fourth-order valence-electron chi connectivity index (χ4n) is 5.37. The van der Waals surface area contributed by atoms with Crippen LogP contribution in [0.15, 0.2) is 60.8 Å². The number of benzene rings is 2. The number of carbonyl (C=O) groups is 1. The van der Waals surface area contributed by atoms with Crippen LogP contribution in [0.2, 0.25) is 0 Å². The van der Waals surface area contributed by atoms with Gasteiger partial charge in [-0.05, 0) is 36.8 Å². The van der Waals surface area contributed by atoms with E-state index in [1.165, 1.54) is 0 Å². The Morgan fingerprint density at radius 3 is 2.46 bits per heavy atom. The molecule has 4 heterocycles. The highest BCUT2D eigenvalue weighted by molar-refractivity contribution is 5.90. The van der Waals surface area contributed by atoms with Crippen LogP contribution in [0.4, 0.5) is 23.7 Å². The molecule has 0 bridgehead atoms. The lowest BCUT2D eigenvalue weighted by Crippen LogP contribution is -2.46. The van der Waals surface area contributed by atoms with Crippen molar-refractivity contribution in [3.05, 3.63) is 89.5 Å². The molecule has 0 saturated carbocycles. The first-order chi connectivity index (χ1) is 17.8. The summed E-state index contributed by atoms with van der Waals surface area (Å²) >= 11 is 0. The van der Waals surface area contributed by atoms with Crippen molar-refractivity contribution in [1.29, 1.82) is 0 Å². The van der Waals surface area contributed by atoms with Gasteiger partial charge in [-0.15, -0.1) is 0 Å². The summed E-state index contributed by atoms with van der Waals surface area (Å²) in [6, 6.07) is 14.6. The summed E-state index contributed by atoms with van der Waals surface area (Å²) in [5.41, 5.74) is 2.70. The van der Waals surface area contributed by atoms with Crippen LogP contribution < -0.4 is 4.90 Å². The molecule has 1 spiro atoms. The number of nitrogens with zero attached hydrogens (tertiary/aromatic N) is 4. The Morgan fingerprint density at radius 1 is 0.973 bits per heavy atom. The van der Waals surface area contributed by atoms with Gasteiger partial charge >= 0.3 is 6.09 Å². The molecule has 0 unspecified atom stereocenters. The van der Waals surface area contributed by atoms with Gasteiger partial charge in [0.1, 0.15) is 17.1 Å². The van der Waals surface area contributed by atoms with Gasteiger partial charge in [-0.1, -0.05) is 24.3 Å². The predicted molar refractivity (Wildman–Crippen MR) is 133 cm³/mol. The second-order valence-electron chi connectivity index (χ2n) is 9.79. The minimum absolute atomic E-state index is 0.0382. The molecule has 9 heteroatoms. The number of rotatable bonds is 4. The van der Waals surface area contributed by atoms with Gasteiger partial charge in [-0.25, -0.2) is 22.9 Å². The molecule has 6 rings (SSSR count). The van der Waals surface area contributed by atoms with Gasteiger partial charge in [0.2, 0.25) is 0 Å². The number of carbonyl (C=O) groups excluding carboxylic acids is 1. The molecule has 6 nitrogen and oxygen atoms in total. The number of halogens is 3. The second-order valence-corrected chi connectivity index (χ2v) is 9.79. The monoisotopic (exact) mass is 506 g/mol. The summed E-state index contributed by atoms with van der Waals surface area (Å²) in [6.45, 7) is 4.06. The molecule has 37 heavy (non-hydrogen) atoms. The van der Waals surface area contributed by atoms with Gasteiger partial charge in [0.15, 0.2) is 11.6 Å². The Bertz CT molecular complexity index is 1500. The third-order valence-corrected chi connectivity index (χ3v) is 7.36.